The molecule has 1 atom stereocenters. The molecular weight excluding hydrogens is 346 g/mol. The van der Waals surface area contributed by atoms with Crippen molar-refractivity contribution in [2.45, 2.75) is 19.9 Å². The van der Waals surface area contributed by atoms with Crippen molar-refractivity contribution < 1.29 is 14.6 Å². The molecule has 0 fully saturated rings. The number of benzene rings is 2. The Hall–Kier alpha value is -3.35. The van der Waals surface area contributed by atoms with E-state index in [0.717, 1.165) is 11.1 Å². The number of hydrogen-bond acceptors (Lipinski definition) is 5. The van der Waals surface area contributed by atoms with Crippen molar-refractivity contribution in [3.8, 4) is 6.01 Å². The van der Waals surface area contributed by atoms with Crippen LogP contribution in [0.4, 0.5) is 5.69 Å². The molecule has 1 aromatic heterocycles. The average molecular weight is 367 g/mol. The second-order valence-electron chi connectivity index (χ2n) is 6.43. The fourth-order valence-corrected chi connectivity index (χ4v) is 3.15. The van der Waals surface area contributed by atoms with E-state index >= 15 is 0 Å². The number of nitrogens with zero attached hydrogens (tertiary/aromatic N) is 2. The first-order chi connectivity index (χ1) is 12.8. The molecule has 0 aliphatic carbocycles. The zero-order valence-electron chi connectivity index (χ0n) is 15.6. The minimum Gasteiger partial charge on any atom is -0.478 e. The van der Waals surface area contributed by atoms with Crippen molar-refractivity contribution >= 4 is 22.6 Å². The summed E-state index contributed by atoms with van der Waals surface area (Å²) in [5.41, 5.74) is 2.74. The first-order valence-corrected chi connectivity index (χ1v) is 8.47. The van der Waals surface area contributed by atoms with Crippen LogP contribution in [0, 0.1) is 6.92 Å². The maximum atomic E-state index is 12.7. The second kappa shape index (κ2) is 7.11. The quantitative estimate of drug-likeness (QED) is 0.720. The van der Waals surface area contributed by atoms with Gasteiger partial charge in [0, 0.05) is 18.3 Å². The molecule has 2 N–H and O–H groups in total. The van der Waals surface area contributed by atoms with Gasteiger partial charge in [-0.05, 0) is 37.6 Å². The number of carboxylic acid groups (broad SMARTS) is 1. The van der Waals surface area contributed by atoms with E-state index in [-0.39, 0.29) is 23.2 Å². The van der Waals surface area contributed by atoms with Crippen molar-refractivity contribution in [3.05, 3.63) is 63.4 Å². The highest BCUT2D eigenvalue weighted by atomic mass is 16.5. The highest BCUT2D eigenvalue weighted by Gasteiger charge is 2.18. The van der Waals surface area contributed by atoms with Gasteiger partial charge in [0.2, 0.25) is 0 Å². The summed E-state index contributed by atoms with van der Waals surface area (Å²) in [5.74, 6) is -1.01. The van der Waals surface area contributed by atoms with Crippen LogP contribution in [0.15, 0.2) is 41.2 Å². The van der Waals surface area contributed by atoms with Crippen LogP contribution < -0.4 is 15.6 Å². The number of aryl methyl sites for hydroxylation is 1. The lowest BCUT2D eigenvalue weighted by molar-refractivity contribution is 0.0698. The molecule has 0 radical (unpaired) electrons. The molecule has 0 amide bonds. The van der Waals surface area contributed by atoms with Crippen molar-refractivity contribution in [2.24, 2.45) is 7.05 Å². The Morgan fingerprint density at radius 1 is 1.30 bits per heavy atom. The topological polar surface area (TPSA) is 93.5 Å². The Bertz CT molecular complexity index is 1090. The largest absolute Gasteiger partial charge is 0.478 e. The van der Waals surface area contributed by atoms with Gasteiger partial charge < -0.3 is 15.2 Å². The standard InChI is InChI=1S/C20H21N3O4/c1-11-9-14(12(2)21-16-8-6-5-7-13(16)19(25)26)17-15(10-11)18(24)23(3)20(22-17)27-4/h5-10,12,21H,1-4H3,(H,25,26). The lowest BCUT2D eigenvalue weighted by atomic mass is 10.0. The first kappa shape index (κ1) is 18.4. The maximum Gasteiger partial charge on any atom is 0.337 e. The Kier molecular flexibility index (Phi) is 4.85. The molecule has 0 aliphatic rings. The predicted molar refractivity (Wildman–Crippen MR) is 104 cm³/mol. The average Bonchev–Trinajstić information content (AvgIpc) is 2.64. The van der Waals surface area contributed by atoms with E-state index < -0.39 is 5.97 Å². The number of anilines is 1. The number of ether oxygens (including phenoxy) is 1. The molecule has 0 spiro atoms. The predicted octanol–water partition coefficient (Wildman–Crippen LogP) is 3.12. The van der Waals surface area contributed by atoms with Gasteiger partial charge in [-0.1, -0.05) is 18.2 Å². The maximum absolute atomic E-state index is 12.7. The smallest absolute Gasteiger partial charge is 0.337 e. The summed E-state index contributed by atoms with van der Waals surface area (Å²) in [4.78, 5) is 28.6. The molecule has 1 unspecified atom stereocenters. The number of aromatic nitrogens is 2. The molecule has 27 heavy (non-hydrogen) atoms. The lowest BCUT2D eigenvalue weighted by Crippen LogP contribution is -2.21. The molecule has 0 bridgehead atoms. The van der Waals surface area contributed by atoms with E-state index in [0.29, 0.717) is 16.6 Å². The van der Waals surface area contributed by atoms with E-state index in [4.69, 9.17) is 4.74 Å². The Labute approximate surface area is 156 Å². The molecule has 0 saturated carbocycles. The highest BCUT2D eigenvalue weighted by molar-refractivity contribution is 5.94. The number of hydrogen-bond donors (Lipinski definition) is 2. The van der Waals surface area contributed by atoms with Crippen LogP contribution in [0.2, 0.25) is 0 Å². The lowest BCUT2D eigenvalue weighted by Gasteiger charge is -2.20. The first-order valence-electron chi connectivity index (χ1n) is 8.47. The van der Waals surface area contributed by atoms with Crippen molar-refractivity contribution in [2.75, 3.05) is 12.4 Å². The van der Waals surface area contributed by atoms with Crippen LogP contribution in [-0.4, -0.2) is 27.7 Å². The number of fused-ring (bicyclic) bond motifs is 1. The van der Waals surface area contributed by atoms with Gasteiger partial charge in [0.1, 0.15) is 0 Å². The van der Waals surface area contributed by atoms with Crippen molar-refractivity contribution in [1.82, 2.24) is 9.55 Å². The van der Waals surface area contributed by atoms with Crippen LogP contribution in [-0.2, 0) is 7.05 Å². The highest BCUT2D eigenvalue weighted by Crippen LogP contribution is 2.28. The number of methoxy groups -OCH3 is 1. The van der Waals surface area contributed by atoms with Crippen LogP contribution in [0.25, 0.3) is 10.9 Å². The molecule has 1 heterocycles. The monoisotopic (exact) mass is 367 g/mol. The van der Waals surface area contributed by atoms with Gasteiger partial charge in [-0.3, -0.25) is 9.36 Å². The van der Waals surface area contributed by atoms with E-state index in [1.807, 2.05) is 19.9 Å². The van der Waals surface area contributed by atoms with Crippen molar-refractivity contribution in [1.29, 1.82) is 0 Å². The number of para-hydroxylation sites is 1. The molecule has 7 nitrogen and oxygen atoms in total. The third-order valence-electron chi connectivity index (χ3n) is 4.49. The second-order valence-corrected chi connectivity index (χ2v) is 6.43. The molecule has 0 saturated heterocycles. The summed E-state index contributed by atoms with van der Waals surface area (Å²) in [5, 5.41) is 13.1. The number of carboxylic acids is 1. The zero-order valence-corrected chi connectivity index (χ0v) is 15.6. The summed E-state index contributed by atoms with van der Waals surface area (Å²) in [6.45, 7) is 3.81. The van der Waals surface area contributed by atoms with Crippen LogP contribution in [0.5, 0.6) is 6.01 Å². The summed E-state index contributed by atoms with van der Waals surface area (Å²) >= 11 is 0. The van der Waals surface area contributed by atoms with Gasteiger partial charge in [0.25, 0.3) is 11.6 Å². The molecule has 3 aromatic rings. The Morgan fingerprint density at radius 3 is 2.67 bits per heavy atom. The van der Waals surface area contributed by atoms with Gasteiger partial charge in [-0.15, -0.1) is 0 Å². The zero-order chi connectivity index (χ0) is 19.7. The molecular formula is C20H21N3O4. The molecule has 2 aromatic carbocycles. The van der Waals surface area contributed by atoms with Gasteiger partial charge >= 0.3 is 5.97 Å². The van der Waals surface area contributed by atoms with E-state index in [2.05, 4.69) is 10.3 Å². The summed E-state index contributed by atoms with van der Waals surface area (Å²) in [6, 6.07) is 10.4. The fourth-order valence-electron chi connectivity index (χ4n) is 3.15. The molecule has 7 heteroatoms. The van der Waals surface area contributed by atoms with Crippen LogP contribution >= 0.6 is 0 Å². The summed E-state index contributed by atoms with van der Waals surface area (Å²) in [7, 11) is 3.08. The van der Waals surface area contributed by atoms with Crippen LogP contribution in [0.1, 0.15) is 34.5 Å². The van der Waals surface area contributed by atoms with Gasteiger partial charge in [0.15, 0.2) is 0 Å². The van der Waals surface area contributed by atoms with Gasteiger partial charge in [-0.2, -0.15) is 4.98 Å². The van der Waals surface area contributed by atoms with Crippen LogP contribution in [0.3, 0.4) is 0 Å². The van der Waals surface area contributed by atoms with E-state index in [9.17, 15) is 14.7 Å². The SMILES string of the molecule is COc1nc2c(C(C)Nc3ccccc3C(=O)O)cc(C)cc2c(=O)n1C. The Morgan fingerprint density at radius 2 is 2.00 bits per heavy atom. The summed E-state index contributed by atoms with van der Waals surface area (Å²) < 4.78 is 6.59. The minimum absolute atomic E-state index is 0.183. The van der Waals surface area contributed by atoms with Gasteiger partial charge in [0.05, 0.1) is 29.6 Å². The number of carbonyl (C=O) groups is 1. The molecule has 3 rings (SSSR count). The molecule has 140 valence electrons. The Balaban J connectivity index is 2.15. The van der Waals surface area contributed by atoms with Gasteiger partial charge in [-0.25, -0.2) is 4.79 Å². The van der Waals surface area contributed by atoms with E-state index in [1.54, 1.807) is 37.4 Å². The van der Waals surface area contributed by atoms with E-state index in [1.165, 1.54) is 11.7 Å². The minimum atomic E-state index is -1.01. The number of rotatable bonds is 5. The molecule has 0 aliphatic heterocycles. The third kappa shape index (κ3) is 3.36. The normalized spacial score (nSPS) is 12.0. The number of aromatic carboxylic acids is 1. The third-order valence-corrected chi connectivity index (χ3v) is 4.49. The number of nitrogens with one attached hydrogen (secondary N) is 1. The summed E-state index contributed by atoms with van der Waals surface area (Å²) in [6.07, 6.45) is 0. The fraction of sp³-hybridized carbons (Fsp3) is 0.250. The van der Waals surface area contributed by atoms with Crippen molar-refractivity contribution in [3.63, 3.8) is 0 Å².